The van der Waals surface area contributed by atoms with E-state index in [-0.39, 0.29) is 0 Å². The molecule has 230 valence electrons. The zero-order chi connectivity index (χ0) is 32.3. The van der Waals surface area contributed by atoms with Crippen LogP contribution in [0.2, 0.25) is 0 Å². The van der Waals surface area contributed by atoms with E-state index < -0.39 is 0 Å². The van der Waals surface area contributed by atoms with Gasteiger partial charge in [0.2, 0.25) is 0 Å². The second-order valence-electron chi connectivity index (χ2n) is 12.6. The van der Waals surface area contributed by atoms with Gasteiger partial charge in [-0.1, -0.05) is 103 Å². The number of para-hydroxylation sites is 2. The van der Waals surface area contributed by atoms with E-state index in [2.05, 4.69) is 157 Å². The van der Waals surface area contributed by atoms with Crippen molar-refractivity contribution in [1.82, 2.24) is 0 Å². The average molecular weight is 628 g/mol. The molecule has 3 heteroatoms. The van der Waals surface area contributed by atoms with Crippen LogP contribution >= 0.6 is 0 Å². The van der Waals surface area contributed by atoms with E-state index in [9.17, 15) is 0 Å². The van der Waals surface area contributed by atoms with Crippen LogP contribution in [0.5, 0.6) is 0 Å². The maximum atomic E-state index is 6.20. The van der Waals surface area contributed by atoms with Gasteiger partial charge in [0.25, 0.3) is 0 Å². The lowest BCUT2D eigenvalue weighted by molar-refractivity contribution is 0.668. The Kier molecular flexibility index (Phi) is 6.18. The Morgan fingerprint density at radius 3 is 1.59 bits per heavy atom. The molecule has 0 unspecified atom stereocenters. The minimum atomic E-state index is 0.881. The number of fused-ring (bicyclic) bond motifs is 7. The lowest BCUT2D eigenvalue weighted by Gasteiger charge is -2.26. The zero-order valence-electron chi connectivity index (χ0n) is 26.5. The Bertz CT molecular complexity index is 2840. The van der Waals surface area contributed by atoms with E-state index in [0.717, 1.165) is 72.1 Å². The molecule has 8 aromatic carbocycles. The fourth-order valence-corrected chi connectivity index (χ4v) is 7.20. The van der Waals surface area contributed by atoms with Gasteiger partial charge in [-0.2, -0.15) is 0 Å². The van der Waals surface area contributed by atoms with Crippen molar-refractivity contribution in [3.8, 4) is 22.3 Å². The average Bonchev–Trinajstić information content (AvgIpc) is 3.73. The molecule has 0 fully saturated rings. The molecule has 0 saturated heterocycles. The highest BCUT2D eigenvalue weighted by Crippen LogP contribution is 2.41. The van der Waals surface area contributed by atoms with Gasteiger partial charge in [-0.05, 0) is 106 Å². The third-order valence-corrected chi connectivity index (χ3v) is 9.64. The summed E-state index contributed by atoms with van der Waals surface area (Å²) >= 11 is 0. The number of hydrogen-bond donors (Lipinski definition) is 0. The van der Waals surface area contributed by atoms with Crippen LogP contribution in [0.15, 0.2) is 185 Å². The molecule has 0 radical (unpaired) electrons. The maximum Gasteiger partial charge on any atom is 0.135 e. The van der Waals surface area contributed by atoms with Crippen molar-refractivity contribution in [3.63, 3.8) is 0 Å². The van der Waals surface area contributed by atoms with E-state index in [1.807, 2.05) is 24.3 Å². The number of hydrogen-bond acceptors (Lipinski definition) is 3. The second-order valence-corrected chi connectivity index (χ2v) is 12.6. The molecular formula is C46H29NO2. The van der Waals surface area contributed by atoms with Crippen LogP contribution in [0.1, 0.15) is 0 Å². The molecule has 0 bridgehead atoms. The standard InChI is InChI=1S/C46H29NO2/c1-2-9-32-26-34(17-16-30(32)8-1)31-18-21-36(22-19-31)47(38-23-25-46-42(29-38)40-13-4-6-15-44(40)49-46)37-11-7-10-33(27-37)35-20-24-45-41(28-35)39-12-3-5-14-43(39)48-45/h1-29H. The Morgan fingerprint density at radius 2 is 0.816 bits per heavy atom. The van der Waals surface area contributed by atoms with Crippen LogP contribution in [0.4, 0.5) is 17.1 Å². The van der Waals surface area contributed by atoms with Crippen molar-refractivity contribution in [2.24, 2.45) is 0 Å². The van der Waals surface area contributed by atoms with E-state index >= 15 is 0 Å². The summed E-state index contributed by atoms with van der Waals surface area (Å²) in [5.41, 5.74) is 11.4. The molecule has 10 rings (SSSR count). The molecule has 0 aliphatic heterocycles. The quantitative estimate of drug-likeness (QED) is 0.190. The summed E-state index contributed by atoms with van der Waals surface area (Å²) in [7, 11) is 0. The molecule has 49 heavy (non-hydrogen) atoms. The number of benzene rings is 8. The molecule has 0 aliphatic rings. The van der Waals surface area contributed by atoms with Gasteiger partial charge in [-0.15, -0.1) is 0 Å². The highest BCUT2D eigenvalue weighted by Gasteiger charge is 2.17. The van der Waals surface area contributed by atoms with Crippen molar-refractivity contribution in [2.45, 2.75) is 0 Å². The largest absolute Gasteiger partial charge is 0.456 e. The fourth-order valence-electron chi connectivity index (χ4n) is 7.20. The first-order valence-electron chi connectivity index (χ1n) is 16.6. The van der Waals surface area contributed by atoms with Gasteiger partial charge >= 0.3 is 0 Å². The third-order valence-electron chi connectivity index (χ3n) is 9.64. The predicted molar refractivity (Wildman–Crippen MR) is 204 cm³/mol. The highest BCUT2D eigenvalue weighted by molar-refractivity contribution is 6.07. The Hall–Kier alpha value is -6.58. The molecule has 0 spiro atoms. The number of rotatable bonds is 5. The van der Waals surface area contributed by atoms with Gasteiger partial charge < -0.3 is 13.7 Å². The number of anilines is 3. The molecule has 2 heterocycles. The molecule has 0 saturated carbocycles. The van der Waals surface area contributed by atoms with Gasteiger partial charge in [0.15, 0.2) is 0 Å². The molecule has 2 aromatic heterocycles. The summed E-state index contributed by atoms with van der Waals surface area (Å²) in [4.78, 5) is 2.33. The minimum absolute atomic E-state index is 0.881. The number of furan rings is 2. The first-order valence-corrected chi connectivity index (χ1v) is 16.6. The lowest BCUT2D eigenvalue weighted by atomic mass is 10.00. The Morgan fingerprint density at radius 1 is 0.286 bits per heavy atom. The van der Waals surface area contributed by atoms with Crippen molar-refractivity contribution in [1.29, 1.82) is 0 Å². The Balaban J connectivity index is 1.11. The summed E-state index contributed by atoms with van der Waals surface area (Å²) in [6.45, 7) is 0. The summed E-state index contributed by atoms with van der Waals surface area (Å²) in [6.07, 6.45) is 0. The van der Waals surface area contributed by atoms with Crippen LogP contribution in [-0.2, 0) is 0 Å². The van der Waals surface area contributed by atoms with E-state index in [4.69, 9.17) is 8.83 Å². The van der Waals surface area contributed by atoms with E-state index in [1.165, 1.54) is 21.9 Å². The predicted octanol–water partition coefficient (Wildman–Crippen LogP) is 13.4. The van der Waals surface area contributed by atoms with Crippen molar-refractivity contribution in [3.05, 3.63) is 176 Å². The first-order chi connectivity index (χ1) is 24.2. The van der Waals surface area contributed by atoms with Gasteiger partial charge in [0, 0.05) is 38.6 Å². The first kappa shape index (κ1) is 27.5. The van der Waals surface area contributed by atoms with Crippen LogP contribution in [0, 0.1) is 0 Å². The molecule has 0 atom stereocenters. The summed E-state index contributed by atoms with van der Waals surface area (Å²) in [6, 6.07) is 62.3. The monoisotopic (exact) mass is 627 g/mol. The van der Waals surface area contributed by atoms with Gasteiger partial charge in [0.1, 0.15) is 22.3 Å². The normalized spacial score (nSPS) is 11.7. The number of nitrogens with zero attached hydrogens (tertiary/aromatic N) is 1. The maximum absolute atomic E-state index is 6.20. The lowest BCUT2D eigenvalue weighted by Crippen LogP contribution is -2.10. The van der Waals surface area contributed by atoms with Gasteiger partial charge in [-0.25, -0.2) is 0 Å². The van der Waals surface area contributed by atoms with Crippen molar-refractivity contribution < 1.29 is 8.83 Å². The molecular weight excluding hydrogens is 599 g/mol. The van der Waals surface area contributed by atoms with Gasteiger partial charge in [0.05, 0.1) is 0 Å². The van der Waals surface area contributed by atoms with Gasteiger partial charge in [-0.3, -0.25) is 0 Å². The fraction of sp³-hybridized carbons (Fsp3) is 0. The van der Waals surface area contributed by atoms with Crippen LogP contribution in [-0.4, -0.2) is 0 Å². The highest BCUT2D eigenvalue weighted by atomic mass is 16.3. The van der Waals surface area contributed by atoms with Crippen molar-refractivity contribution >= 4 is 71.7 Å². The van der Waals surface area contributed by atoms with Crippen LogP contribution < -0.4 is 4.90 Å². The minimum Gasteiger partial charge on any atom is -0.456 e. The third kappa shape index (κ3) is 4.67. The molecule has 0 N–H and O–H groups in total. The van der Waals surface area contributed by atoms with E-state index in [1.54, 1.807) is 0 Å². The SMILES string of the molecule is c1cc(-c2ccc3oc4ccccc4c3c2)cc(N(c2ccc(-c3ccc4ccccc4c3)cc2)c2ccc3oc4ccccc4c3c2)c1. The van der Waals surface area contributed by atoms with E-state index in [0.29, 0.717) is 0 Å². The smallest absolute Gasteiger partial charge is 0.135 e. The molecule has 0 amide bonds. The molecule has 10 aromatic rings. The summed E-state index contributed by atoms with van der Waals surface area (Å²) in [5, 5.41) is 6.95. The van der Waals surface area contributed by atoms with Crippen LogP contribution in [0.25, 0.3) is 76.9 Å². The summed E-state index contributed by atoms with van der Waals surface area (Å²) < 4.78 is 12.3. The topological polar surface area (TPSA) is 29.5 Å². The second kappa shape index (κ2) is 11.0. The van der Waals surface area contributed by atoms with Crippen molar-refractivity contribution in [2.75, 3.05) is 4.90 Å². The summed E-state index contributed by atoms with van der Waals surface area (Å²) in [5.74, 6) is 0. The Labute approximate surface area is 282 Å². The van der Waals surface area contributed by atoms with Crippen LogP contribution in [0.3, 0.4) is 0 Å². The molecule has 0 aliphatic carbocycles. The zero-order valence-corrected chi connectivity index (χ0v) is 26.5. The molecule has 3 nitrogen and oxygen atoms in total.